The summed E-state index contributed by atoms with van der Waals surface area (Å²) in [6, 6.07) is 4.55. The molecule has 0 saturated heterocycles. The Bertz CT molecular complexity index is 688. The zero-order chi connectivity index (χ0) is 15.4. The fraction of sp³-hybridized carbons (Fsp3) is 0.154. The van der Waals surface area contributed by atoms with Crippen LogP contribution >= 0.6 is 34.5 Å². The molecule has 0 fully saturated rings. The first-order chi connectivity index (χ1) is 10.0. The van der Waals surface area contributed by atoms with E-state index in [1.807, 2.05) is 0 Å². The van der Waals surface area contributed by atoms with Crippen LogP contribution < -0.4 is 5.32 Å². The Labute approximate surface area is 134 Å². The van der Waals surface area contributed by atoms with Crippen molar-refractivity contribution in [1.82, 2.24) is 4.98 Å². The van der Waals surface area contributed by atoms with Gasteiger partial charge in [-0.2, -0.15) is 0 Å². The number of esters is 1. The molecule has 0 spiro atoms. The normalized spacial score (nSPS) is 10.2. The maximum Gasteiger partial charge on any atom is 0.357 e. The molecule has 0 unspecified atom stereocenters. The number of hydrogen-bond donors (Lipinski definition) is 1. The highest BCUT2D eigenvalue weighted by Gasteiger charge is 2.15. The number of carbonyl (C=O) groups excluding carboxylic acids is 2. The maximum atomic E-state index is 12.1. The summed E-state index contributed by atoms with van der Waals surface area (Å²) in [5.41, 5.74) is 0.424. The first-order valence-corrected chi connectivity index (χ1v) is 7.54. The van der Waals surface area contributed by atoms with Gasteiger partial charge in [-0.3, -0.25) is 10.1 Å². The lowest BCUT2D eigenvalue weighted by molar-refractivity contribution is 0.0520. The third-order valence-corrected chi connectivity index (χ3v) is 3.69. The van der Waals surface area contributed by atoms with E-state index in [4.69, 9.17) is 27.9 Å². The van der Waals surface area contributed by atoms with E-state index >= 15 is 0 Å². The first kappa shape index (κ1) is 15.8. The molecule has 1 heterocycles. The van der Waals surface area contributed by atoms with Crippen LogP contribution in [-0.2, 0) is 4.74 Å². The van der Waals surface area contributed by atoms with E-state index in [2.05, 4.69) is 10.3 Å². The van der Waals surface area contributed by atoms with Crippen LogP contribution in [0.1, 0.15) is 27.8 Å². The average Bonchev–Trinajstić information content (AvgIpc) is 2.87. The fourth-order valence-electron chi connectivity index (χ4n) is 1.47. The van der Waals surface area contributed by atoms with Gasteiger partial charge < -0.3 is 4.74 Å². The number of halogens is 2. The zero-order valence-corrected chi connectivity index (χ0v) is 13.2. The topological polar surface area (TPSA) is 68.3 Å². The van der Waals surface area contributed by atoms with Gasteiger partial charge in [0.05, 0.1) is 17.2 Å². The van der Waals surface area contributed by atoms with Crippen LogP contribution in [0.4, 0.5) is 5.13 Å². The highest BCUT2D eigenvalue weighted by Crippen LogP contribution is 2.23. The standard InChI is InChI=1S/C13H10Cl2N2O3S/c1-2-20-12(19)10-6-21-13(16-10)17-11(18)8-4-3-7(14)5-9(8)15/h3-6H,2H2,1H3,(H,16,17,18). The van der Waals surface area contributed by atoms with Crippen LogP contribution in [0.3, 0.4) is 0 Å². The van der Waals surface area contributed by atoms with E-state index in [9.17, 15) is 9.59 Å². The second-order valence-electron chi connectivity index (χ2n) is 3.84. The Morgan fingerprint density at radius 2 is 2.14 bits per heavy atom. The number of thiazole rings is 1. The van der Waals surface area contributed by atoms with Crippen molar-refractivity contribution in [2.45, 2.75) is 6.92 Å². The number of carbonyl (C=O) groups is 2. The van der Waals surface area contributed by atoms with Gasteiger partial charge in [-0.15, -0.1) is 11.3 Å². The largest absolute Gasteiger partial charge is 0.461 e. The van der Waals surface area contributed by atoms with Crippen LogP contribution in [0.2, 0.25) is 10.0 Å². The lowest BCUT2D eigenvalue weighted by Crippen LogP contribution is -2.13. The van der Waals surface area contributed by atoms with Crippen molar-refractivity contribution in [3.8, 4) is 0 Å². The third-order valence-electron chi connectivity index (χ3n) is 2.38. The summed E-state index contributed by atoms with van der Waals surface area (Å²) in [6.07, 6.45) is 0. The van der Waals surface area contributed by atoms with Crippen molar-refractivity contribution in [3.05, 3.63) is 44.9 Å². The van der Waals surface area contributed by atoms with Gasteiger partial charge in [0.1, 0.15) is 0 Å². The van der Waals surface area contributed by atoms with Crippen molar-refractivity contribution in [1.29, 1.82) is 0 Å². The highest BCUT2D eigenvalue weighted by atomic mass is 35.5. The molecule has 0 bridgehead atoms. The molecule has 2 rings (SSSR count). The molecule has 0 aliphatic rings. The van der Waals surface area contributed by atoms with Crippen LogP contribution in [0, 0.1) is 0 Å². The summed E-state index contributed by atoms with van der Waals surface area (Å²) in [4.78, 5) is 27.5. The molecule has 8 heteroatoms. The quantitative estimate of drug-likeness (QED) is 0.854. The molecule has 21 heavy (non-hydrogen) atoms. The van der Waals surface area contributed by atoms with E-state index < -0.39 is 11.9 Å². The van der Waals surface area contributed by atoms with E-state index in [1.54, 1.807) is 13.0 Å². The fourth-order valence-corrected chi connectivity index (χ4v) is 2.64. The smallest absolute Gasteiger partial charge is 0.357 e. The maximum absolute atomic E-state index is 12.1. The number of nitrogens with zero attached hydrogens (tertiary/aromatic N) is 1. The Hall–Kier alpha value is -1.63. The van der Waals surface area contributed by atoms with Gasteiger partial charge in [-0.05, 0) is 25.1 Å². The van der Waals surface area contributed by atoms with E-state index in [0.29, 0.717) is 5.02 Å². The second-order valence-corrected chi connectivity index (χ2v) is 5.54. The van der Waals surface area contributed by atoms with Gasteiger partial charge in [0.25, 0.3) is 5.91 Å². The number of nitrogens with one attached hydrogen (secondary N) is 1. The summed E-state index contributed by atoms with van der Waals surface area (Å²) in [5.74, 6) is -0.958. The van der Waals surface area contributed by atoms with Gasteiger partial charge in [-0.25, -0.2) is 9.78 Å². The molecule has 1 aromatic heterocycles. The summed E-state index contributed by atoms with van der Waals surface area (Å²) in [6.45, 7) is 1.97. The van der Waals surface area contributed by atoms with Gasteiger partial charge in [0, 0.05) is 10.4 Å². The van der Waals surface area contributed by atoms with Gasteiger partial charge in [0.2, 0.25) is 0 Å². The summed E-state index contributed by atoms with van der Waals surface area (Å²) in [5, 5.41) is 5.04. The van der Waals surface area contributed by atoms with Crippen molar-refractivity contribution in [3.63, 3.8) is 0 Å². The molecule has 0 aliphatic carbocycles. The van der Waals surface area contributed by atoms with Crippen LogP contribution in [0.5, 0.6) is 0 Å². The first-order valence-electron chi connectivity index (χ1n) is 5.90. The number of amides is 1. The molecule has 0 aliphatic heterocycles. The van der Waals surface area contributed by atoms with E-state index in [-0.39, 0.29) is 28.0 Å². The number of hydrogen-bond acceptors (Lipinski definition) is 5. The highest BCUT2D eigenvalue weighted by molar-refractivity contribution is 7.14. The van der Waals surface area contributed by atoms with Crippen molar-refractivity contribution >= 4 is 51.5 Å². The predicted molar refractivity (Wildman–Crippen MR) is 82.5 cm³/mol. The second kappa shape index (κ2) is 6.89. The number of ether oxygens (including phenoxy) is 1. The average molecular weight is 345 g/mol. The molecule has 0 atom stereocenters. The number of benzene rings is 1. The molecule has 0 radical (unpaired) electrons. The Balaban J connectivity index is 2.11. The summed E-state index contributed by atoms with van der Waals surface area (Å²) < 4.78 is 4.82. The SMILES string of the molecule is CCOC(=O)c1csc(NC(=O)c2ccc(Cl)cc2Cl)n1. The van der Waals surface area contributed by atoms with E-state index in [0.717, 1.165) is 11.3 Å². The summed E-state index contributed by atoms with van der Waals surface area (Å²) in [7, 11) is 0. The van der Waals surface area contributed by atoms with Crippen LogP contribution in [0.15, 0.2) is 23.6 Å². The molecular formula is C13H10Cl2N2O3S. The molecule has 1 aromatic carbocycles. The number of anilines is 1. The van der Waals surface area contributed by atoms with Gasteiger partial charge in [-0.1, -0.05) is 23.2 Å². The Morgan fingerprint density at radius 1 is 1.38 bits per heavy atom. The molecule has 1 N–H and O–H groups in total. The van der Waals surface area contributed by atoms with Gasteiger partial charge >= 0.3 is 5.97 Å². The molecule has 2 aromatic rings. The minimum Gasteiger partial charge on any atom is -0.461 e. The third kappa shape index (κ3) is 3.93. The Morgan fingerprint density at radius 3 is 2.81 bits per heavy atom. The molecule has 110 valence electrons. The molecule has 5 nitrogen and oxygen atoms in total. The predicted octanol–water partition coefficient (Wildman–Crippen LogP) is 3.88. The van der Waals surface area contributed by atoms with Crippen molar-refractivity contribution in [2.75, 3.05) is 11.9 Å². The monoisotopic (exact) mass is 344 g/mol. The Kier molecular flexibility index (Phi) is 5.17. The van der Waals surface area contributed by atoms with E-state index in [1.165, 1.54) is 17.5 Å². The molecular weight excluding hydrogens is 335 g/mol. The van der Waals surface area contributed by atoms with Crippen molar-refractivity contribution in [2.24, 2.45) is 0 Å². The summed E-state index contributed by atoms with van der Waals surface area (Å²) >= 11 is 12.8. The minimum absolute atomic E-state index is 0.152. The number of aromatic nitrogens is 1. The van der Waals surface area contributed by atoms with Gasteiger partial charge in [0.15, 0.2) is 10.8 Å². The lowest BCUT2D eigenvalue weighted by Gasteiger charge is -2.04. The van der Waals surface area contributed by atoms with Crippen LogP contribution in [-0.4, -0.2) is 23.5 Å². The lowest BCUT2D eigenvalue weighted by atomic mass is 10.2. The van der Waals surface area contributed by atoms with Crippen LogP contribution in [0.25, 0.3) is 0 Å². The minimum atomic E-state index is -0.529. The molecule has 1 amide bonds. The number of rotatable bonds is 4. The van der Waals surface area contributed by atoms with Crippen molar-refractivity contribution < 1.29 is 14.3 Å². The molecule has 0 saturated carbocycles. The zero-order valence-electron chi connectivity index (χ0n) is 10.9.